The molecule has 0 aliphatic carbocycles. The Balaban J connectivity index is 1.09. The van der Waals surface area contributed by atoms with Gasteiger partial charge in [-0.05, 0) is 68.0 Å². The zero-order valence-corrected chi connectivity index (χ0v) is 31.1. The Morgan fingerprint density at radius 1 is 0.636 bits per heavy atom. The maximum absolute atomic E-state index is 13.8. The maximum atomic E-state index is 13.8. The second-order valence-corrected chi connectivity index (χ2v) is 14.3. The minimum atomic E-state index is -5.05. The molecule has 298 valence electrons. The van der Waals surface area contributed by atoms with Crippen LogP contribution in [0.4, 0.5) is 26.3 Å². The van der Waals surface area contributed by atoms with E-state index in [1.165, 1.54) is 26.2 Å². The average Bonchev–Trinajstić information content (AvgIpc) is 3.19. The van der Waals surface area contributed by atoms with Gasteiger partial charge in [-0.15, -0.1) is 0 Å². The van der Waals surface area contributed by atoms with Crippen LogP contribution in [0, 0.1) is 0 Å². The number of hydrogen-bond donors (Lipinski definition) is 0. The molecule has 9 nitrogen and oxygen atoms in total. The predicted octanol–water partition coefficient (Wildman–Crippen LogP) is 6.89. The molecule has 3 aromatic carbocycles. The summed E-state index contributed by atoms with van der Waals surface area (Å²) in [5.74, 6) is 0.305. The van der Waals surface area contributed by atoms with Gasteiger partial charge in [0.25, 0.3) is 11.8 Å². The monoisotopic (exact) mass is 776 g/mol. The Kier molecular flexibility index (Phi) is 12.2. The van der Waals surface area contributed by atoms with Crippen molar-refractivity contribution in [2.45, 2.75) is 62.6 Å². The van der Waals surface area contributed by atoms with Gasteiger partial charge in [-0.2, -0.15) is 26.3 Å². The highest BCUT2D eigenvalue weighted by molar-refractivity contribution is 5.96. The molecule has 0 saturated carbocycles. The highest BCUT2D eigenvalue weighted by atomic mass is 19.4. The lowest BCUT2D eigenvalue weighted by Gasteiger charge is -2.48. The quantitative estimate of drug-likeness (QED) is 0.220. The van der Waals surface area contributed by atoms with Crippen LogP contribution in [0.1, 0.15) is 63.1 Å². The number of amides is 2. The Hall–Kier alpha value is -4.50. The normalized spacial score (nSPS) is 20.7. The summed E-state index contributed by atoms with van der Waals surface area (Å²) in [5.41, 5.74) is -2.25. The third kappa shape index (κ3) is 9.15. The number of nitrogens with zero attached hydrogens (tertiary/aromatic N) is 4. The Morgan fingerprint density at radius 2 is 1.15 bits per heavy atom. The summed E-state index contributed by atoms with van der Waals surface area (Å²) in [6.45, 7) is 4.61. The molecule has 0 radical (unpaired) electrons. The molecule has 0 N–H and O–H groups in total. The lowest BCUT2D eigenvalue weighted by Crippen LogP contribution is -2.58. The molecule has 3 aromatic rings. The number of alkyl halides is 6. The number of rotatable bonds is 9. The lowest BCUT2D eigenvalue weighted by atomic mass is 9.90. The first kappa shape index (κ1) is 40.2. The molecule has 2 unspecified atom stereocenters. The van der Waals surface area contributed by atoms with Gasteiger partial charge in [-0.3, -0.25) is 19.4 Å². The van der Waals surface area contributed by atoms with Gasteiger partial charge in [0.05, 0.1) is 32.5 Å². The fourth-order valence-electron chi connectivity index (χ4n) is 8.24. The van der Waals surface area contributed by atoms with Gasteiger partial charge in [0.2, 0.25) is 5.75 Å². The van der Waals surface area contributed by atoms with Gasteiger partial charge < -0.3 is 24.0 Å². The van der Waals surface area contributed by atoms with E-state index in [1.54, 1.807) is 12.1 Å². The van der Waals surface area contributed by atoms with Crippen LogP contribution in [-0.2, 0) is 18.8 Å². The number of carbonyl (C=O) groups excluding carboxylic acids is 2. The first-order chi connectivity index (χ1) is 26.2. The molecule has 15 heteroatoms. The third-order valence-corrected chi connectivity index (χ3v) is 11.1. The van der Waals surface area contributed by atoms with Crippen molar-refractivity contribution in [2.24, 2.45) is 0 Å². The second kappa shape index (κ2) is 16.7. The van der Waals surface area contributed by atoms with Gasteiger partial charge in [-0.1, -0.05) is 30.3 Å². The number of piperazine rings is 1. The second-order valence-electron chi connectivity index (χ2n) is 14.3. The molecular formula is C40H46F6N4O5. The maximum Gasteiger partial charge on any atom is 0.416 e. The van der Waals surface area contributed by atoms with E-state index >= 15 is 0 Å². The van der Waals surface area contributed by atoms with Gasteiger partial charge in [0.15, 0.2) is 11.5 Å². The van der Waals surface area contributed by atoms with Crippen molar-refractivity contribution in [3.05, 3.63) is 88.5 Å². The van der Waals surface area contributed by atoms with Crippen molar-refractivity contribution in [3.8, 4) is 17.2 Å². The summed E-state index contributed by atoms with van der Waals surface area (Å²) < 4.78 is 98.2. The first-order valence-electron chi connectivity index (χ1n) is 18.4. The van der Waals surface area contributed by atoms with E-state index in [9.17, 15) is 35.9 Å². The van der Waals surface area contributed by atoms with Crippen LogP contribution in [-0.4, -0.2) is 117 Å². The van der Waals surface area contributed by atoms with Crippen LogP contribution in [0.2, 0.25) is 0 Å². The Bertz CT molecular complexity index is 1750. The zero-order chi connectivity index (χ0) is 39.5. The molecule has 3 aliphatic rings. The van der Waals surface area contributed by atoms with Gasteiger partial charge in [0.1, 0.15) is 0 Å². The largest absolute Gasteiger partial charge is 0.493 e. The number of ether oxygens (including phenoxy) is 3. The fraction of sp³-hybridized carbons (Fsp3) is 0.500. The number of benzene rings is 3. The molecule has 3 heterocycles. The Morgan fingerprint density at radius 3 is 1.65 bits per heavy atom. The molecule has 6 rings (SSSR count). The molecule has 3 aliphatic heterocycles. The van der Waals surface area contributed by atoms with Gasteiger partial charge >= 0.3 is 12.4 Å². The number of methoxy groups -OCH3 is 3. The molecule has 0 spiro atoms. The van der Waals surface area contributed by atoms with Crippen molar-refractivity contribution < 1.29 is 50.1 Å². The number of halogens is 6. The SMILES string of the molecule is COc1cc(C(=O)N2CCC(N3CCN(C4CCN(C(=O)c5cc(C(F)(F)F)cc(C(F)(F)F)c5)C(Cc5ccccc5)C4)CC3)CC2)cc(OC)c1OC. The van der Waals surface area contributed by atoms with Crippen molar-refractivity contribution in [1.29, 1.82) is 0 Å². The number of carbonyl (C=O) groups is 2. The highest BCUT2D eigenvalue weighted by Crippen LogP contribution is 2.40. The lowest BCUT2D eigenvalue weighted by molar-refractivity contribution is -0.143. The molecule has 3 saturated heterocycles. The predicted molar refractivity (Wildman–Crippen MR) is 193 cm³/mol. The molecule has 2 atom stereocenters. The van der Waals surface area contributed by atoms with E-state index < -0.39 is 41.0 Å². The van der Waals surface area contributed by atoms with Crippen molar-refractivity contribution in [2.75, 3.05) is 67.1 Å². The summed E-state index contributed by atoms with van der Waals surface area (Å²) in [4.78, 5) is 35.5. The number of piperidine rings is 2. The van der Waals surface area contributed by atoms with Crippen LogP contribution in [0.5, 0.6) is 17.2 Å². The van der Waals surface area contributed by atoms with E-state index in [0.717, 1.165) is 44.6 Å². The first-order valence-corrected chi connectivity index (χ1v) is 18.4. The highest BCUT2D eigenvalue weighted by Gasteiger charge is 2.41. The molecule has 3 fully saturated rings. The van der Waals surface area contributed by atoms with Crippen LogP contribution < -0.4 is 14.2 Å². The minimum absolute atomic E-state index is 0.0464. The minimum Gasteiger partial charge on any atom is -0.493 e. The van der Waals surface area contributed by atoms with E-state index in [2.05, 4.69) is 9.80 Å². The molecular weight excluding hydrogens is 730 g/mol. The zero-order valence-electron chi connectivity index (χ0n) is 31.1. The van der Waals surface area contributed by atoms with Crippen LogP contribution in [0.15, 0.2) is 60.7 Å². The van der Waals surface area contributed by atoms with E-state index in [-0.39, 0.29) is 24.6 Å². The Labute approximate surface area is 316 Å². The summed E-state index contributed by atoms with van der Waals surface area (Å²) >= 11 is 0. The van der Waals surface area contributed by atoms with Crippen molar-refractivity contribution in [1.82, 2.24) is 19.6 Å². The van der Waals surface area contributed by atoms with Crippen LogP contribution in [0.3, 0.4) is 0 Å². The topological polar surface area (TPSA) is 74.8 Å². The van der Waals surface area contributed by atoms with Gasteiger partial charge in [-0.25, -0.2) is 0 Å². The van der Waals surface area contributed by atoms with Crippen LogP contribution in [0.25, 0.3) is 0 Å². The summed E-state index contributed by atoms with van der Waals surface area (Å²) in [6.07, 6.45) is -6.96. The van der Waals surface area contributed by atoms with E-state index in [1.807, 2.05) is 35.2 Å². The summed E-state index contributed by atoms with van der Waals surface area (Å²) in [6, 6.07) is 13.8. The smallest absolute Gasteiger partial charge is 0.416 e. The molecule has 0 bridgehead atoms. The number of hydrogen-bond acceptors (Lipinski definition) is 7. The average molecular weight is 777 g/mol. The van der Waals surface area contributed by atoms with Gasteiger partial charge in [0, 0.05) is 75.1 Å². The summed E-state index contributed by atoms with van der Waals surface area (Å²) in [5, 5.41) is 0. The fourth-order valence-corrected chi connectivity index (χ4v) is 8.24. The molecule has 55 heavy (non-hydrogen) atoms. The third-order valence-electron chi connectivity index (χ3n) is 11.1. The van der Waals surface area contributed by atoms with E-state index in [4.69, 9.17) is 14.2 Å². The van der Waals surface area contributed by atoms with Crippen LogP contribution >= 0.6 is 0 Å². The van der Waals surface area contributed by atoms with Crippen molar-refractivity contribution >= 4 is 11.8 Å². The van der Waals surface area contributed by atoms with Crippen molar-refractivity contribution in [3.63, 3.8) is 0 Å². The van der Waals surface area contributed by atoms with E-state index in [0.29, 0.717) is 73.3 Å². The number of likely N-dealkylation sites (tertiary alicyclic amines) is 2. The molecule has 0 aromatic heterocycles. The standard InChI is InChI=1S/C40H46F6N4O5/c1-53-34-22-28(23-35(54-2)36(34)55-3)37(51)49-12-9-31(10-13-49)47-15-17-48(18-16-47)32-11-14-50(33(25-32)19-26-7-5-4-6-8-26)38(52)27-20-29(39(41,42)43)24-30(21-27)40(44,45)46/h4-8,20-24,31-33H,9-19,25H2,1-3H3. The molecule has 2 amide bonds. The summed E-state index contributed by atoms with van der Waals surface area (Å²) in [7, 11) is 4.52.